The van der Waals surface area contributed by atoms with Gasteiger partial charge in [0.2, 0.25) is 0 Å². The Morgan fingerprint density at radius 3 is 0.294 bits per heavy atom. The summed E-state index contributed by atoms with van der Waals surface area (Å²) in [6, 6.07) is 1.51. The Kier molecular flexibility index (Phi) is 80.0. The number of hydrogen-bond acceptors (Lipinski definition) is 1. The van der Waals surface area contributed by atoms with Gasteiger partial charge in [-0.3, -0.25) is 0 Å². The van der Waals surface area contributed by atoms with Crippen LogP contribution in [0.15, 0.2) is 0 Å². The van der Waals surface area contributed by atoms with Crippen molar-refractivity contribution in [3.63, 3.8) is 0 Å². The minimum absolute atomic E-state index is 0.757. The number of hydrogen-bond donors (Lipinski definition) is 1. The normalized spacial score (nSPS) is 12.6. The van der Waals surface area contributed by atoms with E-state index < -0.39 is 0 Å². The molecule has 0 spiro atoms. The number of nitrogens with one attached hydrogen (secondary N) is 1. The quantitative estimate of drug-likeness (QED) is 0.0599. The highest BCUT2D eigenvalue weighted by Crippen LogP contribution is 2.23. The van der Waals surface area contributed by atoms with Gasteiger partial charge in [0.1, 0.15) is 0 Å². The van der Waals surface area contributed by atoms with Gasteiger partial charge in [-0.25, -0.2) is 0 Å². The van der Waals surface area contributed by atoms with E-state index in [1.54, 1.807) is 0 Å². The largest absolute Gasteiger partial charge is 0.311 e. The van der Waals surface area contributed by atoms with Crippen molar-refractivity contribution >= 4 is 0 Å². The fourth-order valence-electron chi connectivity index (χ4n) is 14.5. The fraction of sp³-hybridized carbons (Fsp3) is 1.00. The summed E-state index contributed by atoms with van der Waals surface area (Å²) in [5, 5.41) is 4.48. The van der Waals surface area contributed by atoms with Crippen LogP contribution in [0.5, 0.6) is 0 Å². The van der Waals surface area contributed by atoms with Gasteiger partial charge >= 0.3 is 0 Å². The number of unbranched alkanes of at least 4 members (excludes halogenated alkanes) is 70. The molecule has 2 unspecified atom stereocenters. The molecule has 1 nitrogen and oxygen atoms in total. The van der Waals surface area contributed by atoms with Crippen molar-refractivity contribution in [1.82, 2.24) is 5.32 Å². The molecule has 0 fully saturated rings. The van der Waals surface area contributed by atoms with E-state index in [9.17, 15) is 0 Å². The first-order valence-corrected chi connectivity index (χ1v) is 42.0. The second kappa shape index (κ2) is 80.1. The third-order valence-corrected chi connectivity index (χ3v) is 20.6. The van der Waals surface area contributed by atoms with Gasteiger partial charge in [-0.2, -0.15) is 0 Å². The summed E-state index contributed by atoms with van der Waals surface area (Å²) >= 11 is 0. The molecule has 2 atom stereocenters. The lowest BCUT2D eigenvalue weighted by Crippen LogP contribution is -2.38. The first-order chi connectivity index (χ1) is 42.3. The molecule has 1 heteroatoms. The average Bonchev–Trinajstić information content (AvgIpc) is 3.51. The summed E-state index contributed by atoms with van der Waals surface area (Å²) in [6.45, 7) is 9.32. The zero-order chi connectivity index (χ0) is 61.0. The standard InChI is InChI=1S/C84H171N/c1-5-9-13-17-21-25-29-33-37-41-43-45-49-53-57-61-65-69-73-77-81-83(79-75-71-67-63-59-55-51-47-39-35-31-27-23-19-15-11-7-3)85-84(80-76-72-68-64-60-56-52-48-40-36-32-28-24-20-16-12-8-4)82-78-74-70-66-62-58-54-50-46-44-42-38-34-30-26-22-18-14-10-6-2/h83-85H,5-82H2,1-4H3. The Hall–Kier alpha value is -0.0400. The van der Waals surface area contributed by atoms with Gasteiger partial charge in [0.05, 0.1) is 0 Å². The van der Waals surface area contributed by atoms with Crippen LogP contribution >= 0.6 is 0 Å². The van der Waals surface area contributed by atoms with Crippen molar-refractivity contribution < 1.29 is 0 Å². The molecule has 0 aliphatic heterocycles. The Balaban J connectivity index is 4.89. The van der Waals surface area contributed by atoms with E-state index in [0.29, 0.717) is 0 Å². The van der Waals surface area contributed by atoms with E-state index in [4.69, 9.17) is 0 Å². The summed E-state index contributed by atoms with van der Waals surface area (Å²) in [4.78, 5) is 0. The predicted molar refractivity (Wildman–Crippen MR) is 394 cm³/mol. The summed E-state index contributed by atoms with van der Waals surface area (Å²) in [6.07, 6.45) is 115. The van der Waals surface area contributed by atoms with E-state index in [-0.39, 0.29) is 0 Å². The van der Waals surface area contributed by atoms with Gasteiger partial charge in [0.25, 0.3) is 0 Å². The second-order valence-electron chi connectivity index (χ2n) is 29.5. The van der Waals surface area contributed by atoms with Crippen molar-refractivity contribution in [2.45, 2.75) is 541 Å². The maximum absolute atomic E-state index is 4.48. The monoisotopic (exact) mass is 1190 g/mol. The van der Waals surface area contributed by atoms with E-state index in [0.717, 1.165) is 12.1 Å². The zero-order valence-electron chi connectivity index (χ0n) is 60.8. The minimum Gasteiger partial charge on any atom is -0.311 e. The van der Waals surface area contributed by atoms with Crippen LogP contribution in [0.1, 0.15) is 529 Å². The van der Waals surface area contributed by atoms with E-state index in [1.165, 1.54) is 501 Å². The van der Waals surface area contributed by atoms with Crippen LogP contribution in [0.3, 0.4) is 0 Å². The Morgan fingerprint density at radius 2 is 0.200 bits per heavy atom. The van der Waals surface area contributed by atoms with Gasteiger partial charge in [0, 0.05) is 12.1 Å². The maximum atomic E-state index is 4.48. The Morgan fingerprint density at radius 1 is 0.118 bits per heavy atom. The molecule has 0 aromatic rings. The van der Waals surface area contributed by atoms with Crippen LogP contribution in [0.25, 0.3) is 0 Å². The van der Waals surface area contributed by atoms with Crippen LogP contribution in [-0.2, 0) is 0 Å². The van der Waals surface area contributed by atoms with Gasteiger partial charge in [-0.05, 0) is 25.7 Å². The second-order valence-corrected chi connectivity index (χ2v) is 29.5. The molecule has 0 saturated carbocycles. The van der Waals surface area contributed by atoms with Crippen molar-refractivity contribution in [2.24, 2.45) is 0 Å². The van der Waals surface area contributed by atoms with Crippen LogP contribution in [-0.4, -0.2) is 12.1 Å². The average molecular weight is 1200 g/mol. The van der Waals surface area contributed by atoms with Crippen LogP contribution in [0, 0.1) is 0 Å². The topological polar surface area (TPSA) is 12.0 Å². The SMILES string of the molecule is CCCCCCCCCCCCCCCCCCCCCCC(CCCCCCCCCCCCCCCCCCC)NC(CCCCCCCCCCCCCCCCCCC)CCCCCCCCCCCCCCCCCCCCCC. The summed E-state index contributed by atoms with van der Waals surface area (Å²) in [7, 11) is 0. The molecule has 0 radical (unpaired) electrons. The molecule has 0 rings (SSSR count). The van der Waals surface area contributed by atoms with E-state index in [2.05, 4.69) is 33.0 Å². The highest BCUT2D eigenvalue weighted by atomic mass is 14.9. The third kappa shape index (κ3) is 76.3. The molecular formula is C84H171N. The van der Waals surface area contributed by atoms with Crippen molar-refractivity contribution in [3.8, 4) is 0 Å². The van der Waals surface area contributed by atoms with Gasteiger partial charge < -0.3 is 5.32 Å². The van der Waals surface area contributed by atoms with Crippen molar-refractivity contribution in [2.75, 3.05) is 0 Å². The van der Waals surface area contributed by atoms with Crippen LogP contribution in [0.2, 0.25) is 0 Å². The Bertz CT molecular complexity index is 1010. The highest BCUT2D eigenvalue weighted by Gasteiger charge is 2.16. The lowest BCUT2D eigenvalue weighted by molar-refractivity contribution is 0.329. The third-order valence-electron chi connectivity index (χ3n) is 20.6. The van der Waals surface area contributed by atoms with Gasteiger partial charge in [-0.15, -0.1) is 0 Å². The molecule has 0 saturated heterocycles. The molecule has 0 amide bonds. The molecule has 85 heavy (non-hydrogen) atoms. The fourth-order valence-corrected chi connectivity index (χ4v) is 14.5. The first-order valence-electron chi connectivity index (χ1n) is 42.0. The molecule has 0 heterocycles. The maximum Gasteiger partial charge on any atom is 0.00696 e. The van der Waals surface area contributed by atoms with E-state index >= 15 is 0 Å². The molecule has 0 aromatic carbocycles. The summed E-state index contributed by atoms with van der Waals surface area (Å²) < 4.78 is 0. The van der Waals surface area contributed by atoms with Crippen molar-refractivity contribution in [1.29, 1.82) is 0 Å². The molecule has 0 aliphatic carbocycles. The molecule has 0 bridgehead atoms. The lowest BCUT2D eigenvalue weighted by Gasteiger charge is -2.27. The lowest BCUT2D eigenvalue weighted by atomic mass is 9.95. The van der Waals surface area contributed by atoms with Gasteiger partial charge in [-0.1, -0.05) is 503 Å². The first kappa shape index (κ1) is 85.0. The van der Waals surface area contributed by atoms with Crippen LogP contribution in [0.4, 0.5) is 0 Å². The number of rotatable bonds is 80. The van der Waals surface area contributed by atoms with Gasteiger partial charge in [0.15, 0.2) is 0 Å². The smallest absolute Gasteiger partial charge is 0.00696 e. The Labute approximate surface area is 543 Å². The van der Waals surface area contributed by atoms with E-state index in [1.807, 2.05) is 0 Å². The minimum atomic E-state index is 0.757. The van der Waals surface area contributed by atoms with Crippen molar-refractivity contribution in [3.05, 3.63) is 0 Å². The molecule has 1 N–H and O–H groups in total. The van der Waals surface area contributed by atoms with Crippen LogP contribution < -0.4 is 5.32 Å². The summed E-state index contributed by atoms with van der Waals surface area (Å²) in [5.41, 5.74) is 0. The molecule has 0 aliphatic rings. The molecule has 512 valence electrons. The zero-order valence-corrected chi connectivity index (χ0v) is 60.8. The molecule has 0 aromatic heterocycles. The summed E-state index contributed by atoms with van der Waals surface area (Å²) in [5.74, 6) is 0. The predicted octanol–water partition coefficient (Wildman–Crippen LogP) is 31.8. The molecular weight excluding hydrogens is 1020 g/mol. The highest BCUT2D eigenvalue weighted by molar-refractivity contribution is 4.76.